The number of imidazole rings is 5. The highest BCUT2D eigenvalue weighted by Crippen LogP contribution is 2.42. The van der Waals surface area contributed by atoms with E-state index >= 15 is 0 Å². The number of nitrogens with zero attached hydrogens (tertiary/aromatic N) is 15. The largest absolute Gasteiger partial charge is 0.461 e. The minimum Gasteiger partial charge on any atom is -0.461 e. The summed E-state index contributed by atoms with van der Waals surface area (Å²) in [7, 11) is -17.1. The Hall–Kier alpha value is -12.2. The highest BCUT2D eigenvalue weighted by Gasteiger charge is 2.37. The van der Waals surface area contributed by atoms with Gasteiger partial charge in [-0.15, -0.1) is 0 Å². The van der Waals surface area contributed by atoms with Crippen molar-refractivity contribution in [2.24, 2.45) is 0 Å². The second-order valence-electron chi connectivity index (χ2n) is 35.5. The number of hydrogen-bond donors (Lipinski definition) is 20. The molecule has 1 fully saturated rings. The van der Waals surface area contributed by atoms with Crippen molar-refractivity contribution in [3.8, 4) is 0 Å². The van der Waals surface area contributed by atoms with Crippen molar-refractivity contribution in [1.29, 1.82) is 0 Å². The zero-order valence-electron chi connectivity index (χ0n) is 86.6. The molecule has 1 aliphatic rings. The fourth-order valence-corrected chi connectivity index (χ4v) is 24.3. The molecule has 61 nitrogen and oxygen atoms in total. The Kier molecular flexibility index (Phi) is 47.2. The first-order chi connectivity index (χ1) is 70.2. The summed E-state index contributed by atoms with van der Waals surface area (Å²) >= 11 is 0. The SMILES string of the molecule is CC(=O)[C@@H](C)NP(=O)(COCCn1cnc2c(=O)[nH]c(N)nc21)N[C@H](C)C(=O)OC1CCCC1.CC(=O)[C@@H](C)NP(=O)(COCCn1cnc2c(=O)[nH]c(N)nc21)N[C@H](C)C(C)=O.CC(=O)[C@@H](C)NP(=O)(COCCn1cnc2c(=O)[nH]c(N)nc21)N[C@H](C)C(C)=O.CC(=O)[C@H](C)NP(=O)(COCCn1cnc2c(=O)[nH]c(N)nc21)N[C@H](C)C(C)=O.CC(=O)[C@H](C)NP(=O)(COCCn1cnc2c(=O)[nH]c(N)nc21)N[C@H](C)C(C)=O. The molecule has 1 aliphatic carbocycles. The average molecular weight is 2210 g/mol. The van der Waals surface area contributed by atoms with Gasteiger partial charge in [0.2, 0.25) is 67.0 Å². The number of aromatic amines is 5. The van der Waals surface area contributed by atoms with Crippen LogP contribution in [0, 0.1) is 0 Å². The third kappa shape index (κ3) is 38.3. The number of nitrogen functional groups attached to an aromatic ring is 5. The van der Waals surface area contributed by atoms with Crippen molar-refractivity contribution in [3.05, 3.63) is 83.4 Å². The molecule has 66 heteroatoms. The first kappa shape index (κ1) is 125. The normalized spacial score (nSPS) is 15.6. The van der Waals surface area contributed by atoms with Gasteiger partial charge in [-0.3, -0.25) is 120 Å². The number of carbonyl (C=O) groups is 10. The fourth-order valence-electron chi connectivity index (χ4n) is 13.3. The Morgan fingerprint density at radius 1 is 0.293 bits per heavy atom. The quantitative estimate of drug-likeness (QED) is 0.0143. The number of hydrogen-bond acceptors (Lipinski definition) is 41. The number of anilines is 5. The smallest absolute Gasteiger partial charge is 0.323 e. The number of ether oxygens (including phenoxy) is 6. The number of fused-ring (bicyclic) bond motifs is 5. The molecule has 1 saturated carbocycles. The molecular weight excluding hydrogens is 2070 g/mol. The zero-order valence-corrected chi connectivity index (χ0v) is 91.1. The summed E-state index contributed by atoms with van der Waals surface area (Å²) < 4.78 is 107. The molecule has 0 radical (unpaired) electrons. The lowest BCUT2D eigenvalue weighted by Gasteiger charge is -2.26. The molecule has 0 aliphatic heterocycles. The number of esters is 1. The zero-order chi connectivity index (χ0) is 112. The topological polar surface area (TPSA) is 880 Å². The van der Waals surface area contributed by atoms with E-state index in [9.17, 15) is 94.7 Å². The summed E-state index contributed by atoms with van der Waals surface area (Å²) in [5, 5.41) is 27.5. The third-order valence-electron chi connectivity index (χ3n) is 22.7. The second-order valence-corrected chi connectivity index (χ2v) is 46.8. The van der Waals surface area contributed by atoms with Crippen LogP contribution in [0.1, 0.15) is 157 Å². The van der Waals surface area contributed by atoms with Gasteiger partial charge in [0.1, 0.15) is 95.9 Å². The standard InChI is InChI=1S/C20H32N7O6P.4C16H26N7O5P/c1-12(14(3)28)25-34(31,26-13(2)19(30)33-15-6-4-5-7-15)11-32-9-8-27-10-22-16-17(27)23-20(21)24-18(16)29;4*1-9(11(3)24)21-29(27,22-10(2)12(4)25)8-28-6-5-23-7-18-13-14(23)19-16(17)20-15(13)26/h10,12-13,15H,4-9,11H2,1-3H3,(H2,25,26,31)(H3,21,23,24,29);4*7,9-10H,5-6,8H2,1-4H3,(H2,21,22,27)(H3,17,19,20,26)/t12-,13-,34?;2*9-,10+,29?;2*9-,10-/m1..11/s1. The van der Waals surface area contributed by atoms with Gasteiger partial charge in [0.25, 0.3) is 27.8 Å². The van der Waals surface area contributed by atoms with Gasteiger partial charge in [-0.25, -0.2) is 75.8 Å². The number of Topliss-reactive ketones (excluding diaryl/α,β-unsaturated/α-hetero) is 9. The average Bonchev–Trinajstić information content (AvgIpc) is 1.67. The van der Waals surface area contributed by atoms with Gasteiger partial charge in [-0.1, -0.05) is 0 Å². The molecule has 25 N–H and O–H groups in total. The molecule has 10 aromatic heterocycles. The Morgan fingerprint density at radius 2 is 0.447 bits per heavy atom. The van der Waals surface area contributed by atoms with Crippen molar-refractivity contribution in [1.82, 2.24) is 148 Å². The van der Waals surface area contributed by atoms with Gasteiger partial charge in [-0.2, -0.15) is 24.9 Å². The maximum absolute atomic E-state index is 13.5. The molecule has 150 heavy (non-hydrogen) atoms. The second kappa shape index (κ2) is 56.8. The lowest BCUT2D eigenvalue weighted by atomic mass is 10.3. The van der Waals surface area contributed by atoms with Crippen molar-refractivity contribution in [2.75, 3.05) is 93.4 Å². The van der Waals surface area contributed by atoms with Gasteiger partial charge in [0, 0.05) is 32.7 Å². The molecule has 0 spiro atoms. The van der Waals surface area contributed by atoms with Gasteiger partial charge in [-0.05, 0) is 157 Å². The number of nitrogens with two attached hydrogens (primary N) is 5. The van der Waals surface area contributed by atoms with Crippen LogP contribution >= 0.6 is 37.2 Å². The van der Waals surface area contributed by atoms with Gasteiger partial charge in [0.15, 0.2) is 55.8 Å². The first-order valence-electron chi connectivity index (χ1n) is 47.1. The van der Waals surface area contributed by atoms with Gasteiger partial charge >= 0.3 is 5.97 Å². The Bertz CT molecular complexity index is 6280. The molecule has 0 amide bonds. The highest BCUT2D eigenvalue weighted by atomic mass is 31.2. The van der Waals surface area contributed by atoms with E-state index in [4.69, 9.17) is 57.1 Å². The van der Waals surface area contributed by atoms with Crippen LogP contribution in [0.25, 0.3) is 55.8 Å². The molecular formula is C84H136N35O26P5. The van der Waals surface area contributed by atoms with Crippen LogP contribution in [-0.4, -0.2) is 287 Å². The Labute approximate surface area is 857 Å². The lowest BCUT2D eigenvalue weighted by Crippen LogP contribution is -2.42. The van der Waals surface area contributed by atoms with Crippen molar-refractivity contribution < 1.29 is 99.2 Å². The van der Waals surface area contributed by atoms with E-state index in [0.717, 1.165) is 25.7 Å². The van der Waals surface area contributed by atoms with Crippen molar-refractivity contribution in [3.63, 3.8) is 0 Å². The third-order valence-corrected chi connectivity index (χ3v) is 33.4. The molecule has 0 aromatic carbocycles. The monoisotopic (exact) mass is 2210 g/mol. The number of H-pyrrole nitrogens is 5. The summed E-state index contributed by atoms with van der Waals surface area (Å²) in [6.07, 6.45) is 9.48. The number of rotatable bonds is 56. The minimum absolute atomic E-state index is 0.0282. The summed E-state index contributed by atoms with van der Waals surface area (Å²) in [4.78, 5) is 228. The van der Waals surface area contributed by atoms with E-state index in [2.05, 4.69) is 126 Å². The van der Waals surface area contributed by atoms with E-state index in [0.29, 0.717) is 28.2 Å². The number of carbonyl (C=O) groups excluding carboxylic acids is 10. The molecule has 13 atom stereocenters. The van der Waals surface area contributed by atoms with Crippen LogP contribution in [-0.2, 0) is 132 Å². The van der Waals surface area contributed by atoms with Crippen LogP contribution in [0.3, 0.4) is 0 Å². The summed E-state index contributed by atoms with van der Waals surface area (Å²) in [6, 6.07) is -6.96. The molecule has 0 bridgehead atoms. The van der Waals surface area contributed by atoms with Gasteiger partial charge in [0.05, 0.1) is 119 Å². The summed E-state index contributed by atoms with van der Waals surface area (Å²) in [5.41, 5.74) is 27.9. The van der Waals surface area contributed by atoms with Crippen molar-refractivity contribution in [2.45, 2.75) is 256 Å². The van der Waals surface area contributed by atoms with E-state index in [-0.39, 0.29) is 213 Å². The van der Waals surface area contributed by atoms with Gasteiger partial charge < -0.3 is 79.9 Å². The lowest BCUT2D eigenvalue weighted by molar-refractivity contribution is -0.150. The Balaban J connectivity index is 0.000000254. The molecule has 11 rings (SSSR count). The minimum atomic E-state index is -3.51. The predicted octanol–water partition coefficient (Wildman–Crippen LogP) is 0.913. The molecule has 828 valence electrons. The maximum atomic E-state index is 13.5. The van der Waals surface area contributed by atoms with Crippen LogP contribution < -0.4 is 107 Å². The predicted molar refractivity (Wildman–Crippen MR) is 555 cm³/mol. The van der Waals surface area contributed by atoms with Crippen molar-refractivity contribution >= 4 is 181 Å². The number of nitrogens with one attached hydrogen (secondary N) is 15. The van der Waals surface area contributed by atoms with Crippen LogP contribution in [0.2, 0.25) is 0 Å². The summed E-state index contributed by atoms with van der Waals surface area (Å²) in [5.74, 6) is -2.40. The fraction of sp³-hybridized carbons (Fsp3) is 0.583. The van der Waals surface area contributed by atoms with E-state index in [1.807, 2.05) is 0 Å². The number of ketones is 9. The summed E-state index contributed by atoms with van der Waals surface area (Å²) in [6.45, 7) is 30.2. The van der Waals surface area contributed by atoms with Crippen LogP contribution in [0.4, 0.5) is 29.7 Å². The maximum Gasteiger partial charge on any atom is 0.323 e. The van der Waals surface area contributed by atoms with Crippen LogP contribution in [0.5, 0.6) is 0 Å². The van der Waals surface area contributed by atoms with Crippen LogP contribution in [0.15, 0.2) is 55.6 Å². The first-order valence-corrected chi connectivity index (χ1v) is 56.5. The highest BCUT2D eigenvalue weighted by molar-refractivity contribution is 7.61. The van der Waals surface area contributed by atoms with E-state index < -0.39 is 131 Å². The molecule has 3 unspecified atom stereocenters. The van der Waals surface area contributed by atoms with E-state index in [1.54, 1.807) is 92.1 Å². The Morgan fingerprint density at radius 3 is 0.600 bits per heavy atom. The molecule has 0 saturated heterocycles. The molecule has 10 heterocycles. The number of aromatic nitrogens is 20. The molecule has 10 aromatic rings. The van der Waals surface area contributed by atoms with E-state index in [1.165, 1.54) is 94.0 Å².